The summed E-state index contributed by atoms with van der Waals surface area (Å²) in [5, 5.41) is 1.88. The average molecular weight is 320 g/mol. The van der Waals surface area contributed by atoms with E-state index in [-0.39, 0.29) is 12.4 Å². The summed E-state index contributed by atoms with van der Waals surface area (Å²) in [5.74, 6) is -0.257. The van der Waals surface area contributed by atoms with E-state index in [4.69, 9.17) is 15.3 Å². The van der Waals surface area contributed by atoms with Crippen molar-refractivity contribution in [3.8, 4) is 0 Å². The molecule has 1 fully saturated rings. The first kappa shape index (κ1) is 17.9. The zero-order valence-electron chi connectivity index (χ0n) is 14.6. The van der Waals surface area contributed by atoms with E-state index in [0.29, 0.717) is 32.5 Å². The van der Waals surface area contributed by atoms with Crippen LogP contribution >= 0.6 is 0 Å². The van der Waals surface area contributed by atoms with E-state index < -0.39 is 5.72 Å². The molecule has 5 heteroatoms. The van der Waals surface area contributed by atoms with Gasteiger partial charge < -0.3 is 4.74 Å². The van der Waals surface area contributed by atoms with Crippen molar-refractivity contribution in [3.05, 3.63) is 34.4 Å². The number of benzene rings is 1. The van der Waals surface area contributed by atoms with Gasteiger partial charge in [0.15, 0.2) is 5.72 Å². The van der Waals surface area contributed by atoms with Gasteiger partial charge in [-0.3, -0.25) is 15.4 Å². The summed E-state index contributed by atoms with van der Waals surface area (Å²) in [6.07, 6.45) is 1.45. The van der Waals surface area contributed by atoms with Crippen molar-refractivity contribution in [1.29, 1.82) is 0 Å². The van der Waals surface area contributed by atoms with Crippen LogP contribution in [0.3, 0.4) is 0 Å². The summed E-state index contributed by atoms with van der Waals surface area (Å²) in [6, 6.07) is 4.18. The second kappa shape index (κ2) is 7.43. The number of hydroxylamine groups is 2. The van der Waals surface area contributed by atoms with Crippen molar-refractivity contribution < 1.29 is 14.4 Å². The molecule has 0 bridgehead atoms. The van der Waals surface area contributed by atoms with Crippen LogP contribution in [-0.4, -0.2) is 36.5 Å². The summed E-state index contributed by atoms with van der Waals surface area (Å²) in [4.78, 5) is 17.8. The van der Waals surface area contributed by atoms with E-state index in [2.05, 4.69) is 19.1 Å². The van der Waals surface area contributed by atoms with Crippen LogP contribution in [0.25, 0.3) is 0 Å². The lowest BCUT2D eigenvalue weighted by atomic mass is 9.97. The number of nitrogens with zero attached hydrogens (tertiary/aromatic N) is 1. The van der Waals surface area contributed by atoms with Crippen LogP contribution in [0.15, 0.2) is 12.1 Å². The monoisotopic (exact) mass is 320 g/mol. The van der Waals surface area contributed by atoms with E-state index in [0.717, 1.165) is 16.7 Å². The Morgan fingerprint density at radius 3 is 2.30 bits per heavy atom. The second-order valence-corrected chi connectivity index (χ2v) is 6.44. The first-order valence-corrected chi connectivity index (χ1v) is 8.28. The fraction of sp³-hybridized carbons (Fsp3) is 0.611. The van der Waals surface area contributed by atoms with Crippen LogP contribution in [0.2, 0.25) is 0 Å². The molecule has 0 spiro atoms. The van der Waals surface area contributed by atoms with Crippen molar-refractivity contribution in [2.24, 2.45) is 5.73 Å². The maximum atomic E-state index is 12.3. The predicted octanol–water partition coefficient (Wildman–Crippen LogP) is 2.40. The van der Waals surface area contributed by atoms with Gasteiger partial charge in [0.1, 0.15) is 0 Å². The summed E-state index contributed by atoms with van der Waals surface area (Å²) in [6.45, 7) is 10.1. The normalized spacial score (nSPS) is 18.0. The maximum absolute atomic E-state index is 12.3. The molecule has 0 aromatic heterocycles. The van der Waals surface area contributed by atoms with Crippen LogP contribution < -0.4 is 5.73 Å². The van der Waals surface area contributed by atoms with E-state index >= 15 is 0 Å². The first-order valence-electron chi connectivity index (χ1n) is 8.28. The van der Waals surface area contributed by atoms with Crippen LogP contribution in [-0.2, 0) is 20.8 Å². The van der Waals surface area contributed by atoms with E-state index in [9.17, 15) is 4.79 Å². The molecule has 0 amide bonds. The molecular formula is C18H28N2O3. The van der Waals surface area contributed by atoms with Gasteiger partial charge in [-0.15, -0.1) is 0 Å². The molecule has 0 saturated carbocycles. The molecule has 2 N–H and O–H groups in total. The van der Waals surface area contributed by atoms with Gasteiger partial charge in [0.05, 0.1) is 13.0 Å². The molecule has 0 atom stereocenters. The zero-order valence-corrected chi connectivity index (χ0v) is 14.6. The smallest absolute Gasteiger partial charge is 0.312 e. The van der Waals surface area contributed by atoms with Crippen LogP contribution in [0.5, 0.6) is 0 Å². The van der Waals surface area contributed by atoms with Gasteiger partial charge in [0.2, 0.25) is 0 Å². The number of hydrogen-bond acceptors (Lipinski definition) is 5. The second-order valence-electron chi connectivity index (χ2n) is 6.44. The van der Waals surface area contributed by atoms with Crippen molar-refractivity contribution in [3.63, 3.8) is 0 Å². The number of carbonyl (C=O) groups excluding carboxylic acids is 1. The Bertz CT molecular complexity index is 540. The molecule has 23 heavy (non-hydrogen) atoms. The van der Waals surface area contributed by atoms with Gasteiger partial charge in [0.25, 0.3) is 0 Å². The van der Waals surface area contributed by atoms with E-state index in [1.807, 2.05) is 25.8 Å². The molecule has 2 rings (SSSR count). The Labute approximate surface area is 138 Å². The summed E-state index contributed by atoms with van der Waals surface area (Å²) < 4.78 is 5.61. The largest absolute Gasteiger partial charge is 0.444 e. The minimum Gasteiger partial charge on any atom is -0.444 e. The maximum Gasteiger partial charge on any atom is 0.312 e. The van der Waals surface area contributed by atoms with Crippen LogP contribution in [0.1, 0.15) is 42.0 Å². The van der Waals surface area contributed by atoms with Gasteiger partial charge >= 0.3 is 5.97 Å². The Balaban J connectivity index is 1.95. The van der Waals surface area contributed by atoms with Gasteiger partial charge in [-0.2, -0.15) is 5.06 Å². The molecule has 1 heterocycles. The Morgan fingerprint density at radius 2 is 1.78 bits per heavy atom. The topological polar surface area (TPSA) is 64.8 Å². The lowest BCUT2D eigenvalue weighted by Crippen LogP contribution is -2.53. The third kappa shape index (κ3) is 4.77. The molecule has 0 radical (unpaired) electrons. The molecule has 0 unspecified atom stereocenters. The quantitative estimate of drug-likeness (QED) is 0.666. The molecule has 5 nitrogen and oxygen atoms in total. The number of rotatable bonds is 5. The first-order chi connectivity index (χ1) is 10.8. The third-order valence-corrected chi connectivity index (χ3v) is 4.36. The molecule has 1 aromatic carbocycles. The highest BCUT2D eigenvalue weighted by atomic mass is 16.7. The molecular weight excluding hydrogens is 292 g/mol. The van der Waals surface area contributed by atoms with Crippen LogP contribution in [0, 0.1) is 20.8 Å². The lowest BCUT2D eigenvalue weighted by molar-refractivity contribution is -0.202. The number of ether oxygens (including phenoxy) is 1. The third-order valence-electron chi connectivity index (χ3n) is 4.36. The molecule has 1 aliphatic rings. The molecule has 1 aliphatic heterocycles. The van der Waals surface area contributed by atoms with E-state index in [1.165, 1.54) is 5.56 Å². The highest BCUT2D eigenvalue weighted by Crippen LogP contribution is 2.23. The van der Waals surface area contributed by atoms with Crippen molar-refractivity contribution in [2.75, 3.05) is 19.7 Å². The Hall–Kier alpha value is -1.43. The SMILES string of the molecule is CCON1CCC(N)(OC(=O)Cc2c(C)cc(C)cc2C)CC1. The fourth-order valence-corrected chi connectivity index (χ4v) is 3.17. The predicted molar refractivity (Wildman–Crippen MR) is 89.8 cm³/mol. The lowest BCUT2D eigenvalue weighted by Gasteiger charge is -2.37. The van der Waals surface area contributed by atoms with Crippen molar-refractivity contribution in [1.82, 2.24) is 5.06 Å². The van der Waals surface area contributed by atoms with Gasteiger partial charge in [-0.1, -0.05) is 17.7 Å². The standard InChI is InChI=1S/C18H28N2O3/c1-5-22-20-8-6-18(19,7-9-20)23-17(21)12-16-14(3)10-13(2)11-15(16)4/h10-11H,5-9,12,19H2,1-4H3. The highest BCUT2D eigenvalue weighted by Gasteiger charge is 2.34. The number of piperidine rings is 1. The molecule has 0 aliphatic carbocycles. The Morgan fingerprint density at radius 1 is 1.22 bits per heavy atom. The summed E-state index contributed by atoms with van der Waals surface area (Å²) in [5.41, 5.74) is 9.86. The number of nitrogens with two attached hydrogens (primary N) is 1. The minimum atomic E-state index is -0.878. The summed E-state index contributed by atoms with van der Waals surface area (Å²) in [7, 11) is 0. The summed E-state index contributed by atoms with van der Waals surface area (Å²) >= 11 is 0. The molecule has 128 valence electrons. The Kier molecular flexibility index (Phi) is 5.79. The molecule has 1 aromatic rings. The van der Waals surface area contributed by atoms with Gasteiger partial charge in [-0.25, -0.2) is 0 Å². The van der Waals surface area contributed by atoms with Crippen molar-refractivity contribution in [2.45, 2.75) is 52.7 Å². The highest BCUT2D eigenvalue weighted by molar-refractivity contribution is 5.74. The molecule has 1 saturated heterocycles. The number of hydrogen-bond donors (Lipinski definition) is 1. The van der Waals surface area contributed by atoms with Gasteiger partial charge in [-0.05, 0) is 44.4 Å². The minimum absolute atomic E-state index is 0.257. The number of aryl methyl sites for hydroxylation is 3. The number of carbonyl (C=O) groups is 1. The fourth-order valence-electron chi connectivity index (χ4n) is 3.17. The van der Waals surface area contributed by atoms with Gasteiger partial charge in [0, 0.05) is 25.9 Å². The number of esters is 1. The average Bonchev–Trinajstić information content (AvgIpc) is 2.45. The zero-order chi connectivity index (χ0) is 17.0. The van der Waals surface area contributed by atoms with E-state index in [1.54, 1.807) is 0 Å². The van der Waals surface area contributed by atoms with Crippen LogP contribution in [0.4, 0.5) is 0 Å². The van der Waals surface area contributed by atoms with Crippen molar-refractivity contribution >= 4 is 5.97 Å².